The second-order valence-electron chi connectivity index (χ2n) is 3.78. The molecule has 0 radical (unpaired) electrons. The molecule has 0 bridgehead atoms. The van der Waals surface area contributed by atoms with Crippen LogP contribution in [-0.2, 0) is 19.1 Å². The third kappa shape index (κ3) is 5.11. The minimum atomic E-state index is -0.679. The van der Waals surface area contributed by atoms with Crippen LogP contribution < -0.4 is 10.1 Å². The van der Waals surface area contributed by atoms with Crippen molar-refractivity contribution in [1.29, 1.82) is 0 Å². The number of rotatable bonds is 6. The van der Waals surface area contributed by atoms with Crippen molar-refractivity contribution in [2.75, 3.05) is 26.1 Å². The number of anilines is 1. The molecule has 0 aliphatic carbocycles. The zero-order valence-electron chi connectivity index (χ0n) is 11.9. The van der Waals surface area contributed by atoms with Crippen LogP contribution in [0.4, 0.5) is 5.69 Å². The van der Waals surface area contributed by atoms with Crippen LogP contribution in [0, 0.1) is 0 Å². The number of halogens is 1. The first-order chi connectivity index (χ1) is 10.0. The molecule has 0 aromatic heterocycles. The average Bonchev–Trinajstić information content (AvgIpc) is 2.49. The highest BCUT2D eigenvalue weighted by Gasteiger charge is 2.13. The summed E-state index contributed by atoms with van der Waals surface area (Å²) in [6, 6.07) is 5.18. The van der Waals surface area contributed by atoms with E-state index >= 15 is 0 Å². The van der Waals surface area contributed by atoms with Gasteiger partial charge in [-0.25, -0.2) is 9.59 Å². The molecule has 6 nitrogen and oxygen atoms in total. The van der Waals surface area contributed by atoms with E-state index in [1.807, 2.05) is 6.92 Å². The van der Waals surface area contributed by atoms with Crippen molar-refractivity contribution in [2.45, 2.75) is 6.92 Å². The molecule has 1 rings (SSSR count). The predicted octanol–water partition coefficient (Wildman–Crippen LogP) is 2.49. The number of hydrogen-bond acceptors (Lipinski definition) is 6. The monoisotopic (exact) mass is 357 g/mol. The van der Waals surface area contributed by atoms with Gasteiger partial charge < -0.3 is 19.5 Å². The van der Waals surface area contributed by atoms with Crippen molar-refractivity contribution in [3.8, 4) is 5.75 Å². The summed E-state index contributed by atoms with van der Waals surface area (Å²) in [4.78, 5) is 22.9. The molecule has 1 aromatic rings. The summed E-state index contributed by atoms with van der Waals surface area (Å²) in [5, 5.41) is 2.81. The standard InChI is InChI=1S/C14H16BrNO5/c1-4-21-12-7-9(5-6-10(12)15)16-11(14(18)20-3)8-13(17)19-2/h5-8,16H,4H2,1-3H3/b11-8+. The fourth-order valence-corrected chi connectivity index (χ4v) is 1.80. The Hall–Kier alpha value is -2.02. The van der Waals surface area contributed by atoms with Crippen molar-refractivity contribution < 1.29 is 23.8 Å². The SMILES string of the molecule is CCOc1cc(N/C(=C/C(=O)OC)C(=O)OC)ccc1Br. The zero-order valence-corrected chi connectivity index (χ0v) is 13.5. The van der Waals surface area contributed by atoms with Crippen LogP contribution in [-0.4, -0.2) is 32.8 Å². The Bertz CT molecular complexity index is 556. The third-order valence-electron chi connectivity index (χ3n) is 2.38. The number of esters is 2. The van der Waals surface area contributed by atoms with Gasteiger partial charge in [-0.05, 0) is 35.0 Å². The summed E-state index contributed by atoms with van der Waals surface area (Å²) in [6.07, 6.45) is 1.02. The molecule has 0 amide bonds. The lowest BCUT2D eigenvalue weighted by Gasteiger charge is -2.12. The minimum absolute atomic E-state index is 0.0332. The zero-order chi connectivity index (χ0) is 15.8. The maximum absolute atomic E-state index is 11.6. The number of nitrogens with one attached hydrogen (secondary N) is 1. The minimum Gasteiger partial charge on any atom is -0.493 e. The molecule has 1 N–H and O–H groups in total. The molecular formula is C14H16BrNO5. The molecule has 0 unspecified atom stereocenters. The first-order valence-corrected chi connectivity index (χ1v) is 6.88. The van der Waals surface area contributed by atoms with Crippen LogP contribution in [0.1, 0.15) is 6.92 Å². The predicted molar refractivity (Wildman–Crippen MR) is 81.0 cm³/mol. The lowest BCUT2D eigenvalue weighted by molar-refractivity contribution is -0.138. The van der Waals surface area contributed by atoms with Gasteiger partial charge in [0.25, 0.3) is 0 Å². The van der Waals surface area contributed by atoms with Crippen molar-refractivity contribution in [1.82, 2.24) is 0 Å². The number of ether oxygens (including phenoxy) is 3. The van der Waals surface area contributed by atoms with Gasteiger partial charge in [0.1, 0.15) is 11.4 Å². The number of carbonyl (C=O) groups is 2. The topological polar surface area (TPSA) is 73.9 Å². The van der Waals surface area contributed by atoms with E-state index in [2.05, 4.69) is 30.7 Å². The van der Waals surface area contributed by atoms with Gasteiger partial charge in [-0.3, -0.25) is 0 Å². The lowest BCUT2D eigenvalue weighted by Crippen LogP contribution is -2.15. The van der Waals surface area contributed by atoms with Crippen molar-refractivity contribution in [3.63, 3.8) is 0 Å². The number of carbonyl (C=O) groups excluding carboxylic acids is 2. The maximum atomic E-state index is 11.6. The van der Waals surface area contributed by atoms with Crippen LogP contribution in [0.3, 0.4) is 0 Å². The van der Waals surface area contributed by atoms with Gasteiger partial charge in [-0.2, -0.15) is 0 Å². The second-order valence-corrected chi connectivity index (χ2v) is 4.63. The molecule has 0 heterocycles. The largest absolute Gasteiger partial charge is 0.493 e. The number of benzene rings is 1. The van der Waals surface area contributed by atoms with Gasteiger partial charge in [0.15, 0.2) is 0 Å². The summed E-state index contributed by atoms with van der Waals surface area (Å²) < 4.78 is 15.3. The molecule has 114 valence electrons. The molecule has 21 heavy (non-hydrogen) atoms. The fourth-order valence-electron chi connectivity index (χ4n) is 1.44. The van der Waals surface area contributed by atoms with Crippen molar-refractivity contribution in [3.05, 3.63) is 34.4 Å². The Balaban J connectivity index is 3.03. The molecule has 0 aliphatic rings. The van der Waals surface area contributed by atoms with Crippen LogP contribution in [0.25, 0.3) is 0 Å². The van der Waals surface area contributed by atoms with Crippen molar-refractivity contribution in [2.24, 2.45) is 0 Å². The van der Waals surface area contributed by atoms with E-state index < -0.39 is 11.9 Å². The summed E-state index contributed by atoms with van der Waals surface area (Å²) in [5.74, 6) is -0.726. The van der Waals surface area contributed by atoms with Crippen LogP contribution in [0.5, 0.6) is 5.75 Å². The molecule has 0 saturated carbocycles. The molecule has 0 saturated heterocycles. The quantitative estimate of drug-likeness (QED) is 0.622. The molecule has 0 spiro atoms. The van der Waals surface area contributed by atoms with E-state index in [0.29, 0.717) is 18.0 Å². The number of methoxy groups -OCH3 is 2. The van der Waals surface area contributed by atoms with Gasteiger partial charge in [-0.15, -0.1) is 0 Å². The molecule has 1 aromatic carbocycles. The lowest BCUT2D eigenvalue weighted by atomic mass is 10.2. The summed E-state index contributed by atoms with van der Waals surface area (Å²) in [5.41, 5.74) is 0.538. The summed E-state index contributed by atoms with van der Waals surface area (Å²) in [6.45, 7) is 2.37. The Morgan fingerprint density at radius 3 is 2.57 bits per heavy atom. The van der Waals surface area contributed by atoms with E-state index in [0.717, 1.165) is 10.5 Å². The summed E-state index contributed by atoms with van der Waals surface area (Å²) in [7, 11) is 2.45. The third-order valence-corrected chi connectivity index (χ3v) is 3.03. The number of hydrogen-bond donors (Lipinski definition) is 1. The Morgan fingerprint density at radius 2 is 2.00 bits per heavy atom. The Morgan fingerprint density at radius 1 is 1.29 bits per heavy atom. The van der Waals surface area contributed by atoms with Gasteiger partial charge >= 0.3 is 11.9 Å². The summed E-state index contributed by atoms with van der Waals surface area (Å²) >= 11 is 3.36. The molecular weight excluding hydrogens is 342 g/mol. The van der Waals surface area contributed by atoms with Gasteiger partial charge in [0.05, 0.1) is 31.4 Å². The van der Waals surface area contributed by atoms with E-state index in [1.54, 1.807) is 18.2 Å². The molecule has 0 aliphatic heterocycles. The van der Waals surface area contributed by atoms with Crippen LogP contribution >= 0.6 is 15.9 Å². The molecule has 0 atom stereocenters. The Labute approximate surface area is 131 Å². The first kappa shape index (κ1) is 17.0. The highest BCUT2D eigenvalue weighted by Crippen LogP contribution is 2.28. The van der Waals surface area contributed by atoms with Gasteiger partial charge in [0.2, 0.25) is 0 Å². The smallest absolute Gasteiger partial charge is 0.354 e. The fraction of sp³-hybridized carbons (Fsp3) is 0.286. The maximum Gasteiger partial charge on any atom is 0.354 e. The van der Waals surface area contributed by atoms with Crippen molar-refractivity contribution >= 4 is 33.6 Å². The first-order valence-electron chi connectivity index (χ1n) is 6.09. The molecule has 7 heteroatoms. The van der Waals surface area contributed by atoms with E-state index in [4.69, 9.17) is 4.74 Å². The highest BCUT2D eigenvalue weighted by atomic mass is 79.9. The van der Waals surface area contributed by atoms with E-state index in [9.17, 15) is 9.59 Å². The van der Waals surface area contributed by atoms with E-state index in [1.165, 1.54) is 14.2 Å². The highest BCUT2D eigenvalue weighted by molar-refractivity contribution is 9.10. The van der Waals surface area contributed by atoms with E-state index in [-0.39, 0.29) is 5.70 Å². The van der Waals surface area contributed by atoms with Crippen LogP contribution in [0.15, 0.2) is 34.4 Å². The van der Waals surface area contributed by atoms with Gasteiger partial charge in [0, 0.05) is 11.8 Å². The van der Waals surface area contributed by atoms with Crippen LogP contribution in [0.2, 0.25) is 0 Å². The normalized spacial score (nSPS) is 10.8. The molecule has 0 fully saturated rings. The second kappa shape index (κ2) is 8.31. The van der Waals surface area contributed by atoms with Gasteiger partial charge in [-0.1, -0.05) is 0 Å². The average molecular weight is 358 g/mol. The Kier molecular flexibility index (Phi) is 6.74.